The van der Waals surface area contributed by atoms with E-state index in [9.17, 15) is 9.59 Å². The molecule has 5 nitrogen and oxygen atoms in total. The first kappa shape index (κ1) is 19.0. The van der Waals surface area contributed by atoms with Crippen LogP contribution in [-0.4, -0.2) is 23.3 Å². The molecule has 0 aliphatic heterocycles. The second-order valence-electron chi connectivity index (χ2n) is 5.88. The molecular weight excluding hydrogens is 453 g/mol. The number of hydrogen-bond donors (Lipinski definition) is 2. The third-order valence-electron chi connectivity index (χ3n) is 3.94. The van der Waals surface area contributed by atoms with Gasteiger partial charge in [-0.2, -0.15) is 0 Å². The Morgan fingerprint density at radius 2 is 1.78 bits per heavy atom. The average molecular weight is 471 g/mol. The maximum atomic E-state index is 12.6. The van der Waals surface area contributed by atoms with Gasteiger partial charge in [-0.05, 0) is 64.9 Å². The molecule has 1 heterocycles. The van der Waals surface area contributed by atoms with Gasteiger partial charge in [0.05, 0.1) is 16.8 Å². The lowest BCUT2D eigenvalue weighted by atomic mass is 10.1. The van der Waals surface area contributed by atoms with Crippen LogP contribution < -0.4 is 10.6 Å². The van der Waals surface area contributed by atoms with E-state index < -0.39 is 0 Å². The second kappa shape index (κ2) is 9.27. The van der Waals surface area contributed by atoms with Crippen LogP contribution in [0.3, 0.4) is 0 Å². The van der Waals surface area contributed by atoms with Crippen LogP contribution in [0.4, 0.5) is 5.69 Å². The van der Waals surface area contributed by atoms with Gasteiger partial charge in [0.15, 0.2) is 0 Å². The third-order valence-corrected chi connectivity index (χ3v) is 4.61. The monoisotopic (exact) mass is 471 g/mol. The molecule has 1 aromatic heterocycles. The zero-order valence-corrected chi connectivity index (χ0v) is 16.6. The molecule has 3 rings (SSSR count). The van der Waals surface area contributed by atoms with Crippen LogP contribution in [0.25, 0.3) is 0 Å². The fraction of sp³-hybridized carbons (Fsp3) is 0.0952. The highest BCUT2D eigenvalue weighted by atomic mass is 127. The molecular formula is C21H18IN3O2. The highest BCUT2D eigenvalue weighted by Gasteiger charge is 2.15. The Hall–Kier alpha value is -2.74. The highest BCUT2D eigenvalue weighted by molar-refractivity contribution is 14.1. The van der Waals surface area contributed by atoms with E-state index in [0.717, 1.165) is 15.6 Å². The SMILES string of the molecule is O=C(Nc1ccc(I)cc1C(=O)NCCc1ccccc1)c1cccnc1. The minimum atomic E-state index is -0.303. The van der Waals surface area contributed by atoms with Crippen molar-refractivity contribution in [2.75, 3.05) is 11.9 Å². The largest absolute Gasteiger partial charge is 0.352 e. The number of aromatic nitrogens is 1. The lowest BCUT2D eigenvalue weighted by molar-refractivity contribution is 0.0955. The van der Waals surface area contributed by atoms with Gasteiger partial charge in [0.1, 0.15) is 0 Å². The van der Waals surface area contributed by atoms with E-state index in [2.05, 4.69) is 38.2 Å². The molecule has 2 amide bonds. The van der Waals surface area contributed by atoms with Crippen LogP contribution in [0.5, 0.6) is 0 Å². The molecule has 0 unspecified atom stereocenters. The molecule has 0 aliphatic rings. The lowest BCUT2D eigenvalue weighted by Gasteiger charge is -2.12. The molecule has 0 spiro atoms. The molecule has 136 valence electrons. The lowest BCUT2D eigenvalue weighted by Crippen LogP contribution is -2.27. The molecule has 2 N–H and O–H groups in total. The molecule has 3 aromatic rings. The highest BCUT2D eigenvalue weighted by Crippen LogP contribution is 2.20. The fourth-order valence-electron chi connectivity index (χ4n) is 2.57. The summed E-state index contributed by atoms with van der Waals surface area (Å²) in [5, 5.41) is 5.72. The first-order chi connectivity index (χ1) is 13.1. The van der Waals surface area contributed by atoms with Gasteiger partial charge in [0.2, 0.25) is 0 Å². The molecule has 0 saturated carbocycles. The Morgan fingerprint density at radius 1 is 0.963 bits per heavy atom. The van der Waals surface area contributed by atoms with Crippen molar-refractivity contribution < 1.29 is 9.59 Å². The van der Waals surface area contributed by atoms with Crippen LogP contribution in [0.15, 0.2) is 73.1 Å². The van der Waals surface area contributed by atoms with Crippen molar-refractivity contribution >= 4 is 40.1 Å². The number of carbonyl (C=O) groups is 2. The van der Waals surface area contributed by atoms with Crippen molar-refractivity contribution in [1.82, 2.24) is 10.3 Å². The number of pyridine rings is 1. The Kier molecular flexibility index (Phi) is 6.54. The van der Waals surface area contributed by atoms with Crippen molar-refractivity contribution in [3.05, 3.63) is 93.3 Å². The van der Waals surface area contributed by atoms with Gasteiger partial charge < -0.3 is 10.6 Å². The molecule has 0 atom stereocenters. The quantitative estimate of drug-likeness (QED) is 0.536. The second-order valence-corrected chi connectivity index (χ2v) is 7.12. The Bertz CT molecular complexity index is 931. The molecule has 2 aromatic carbocycles. The van der Waals surface area contributed by atoms with Gasteiger partial charge in [-0.25, -0.2) is 0 Å². The molecule has 0 aliphatic carbocycles. The smallest absolute Gasteiger partial charge is 0.257 e. The van der Waals surface area contributed by atoms with Crippen LogP contribution in [0, 0.1) is 3.57 Å². The maximum absolute atomic E-state index is 12.6. The molecule has 6 heteroatoms. The maximum Gasteiger partial charge on any atom is 0.257 e. The van der Waals surface area contributed by atoms with E-state index in [0.29, 0.717) is 23.4 Å². The predicted molar refractivity (Wildman–Crippen MR) is 114 cm³/mol. The van der Waals surface area contributed by atoms with Gasteiger partial charge in [-0.1, -0.05) is 30.3 Å². The predicted octanol–water partition coefficient (Wildman–Crippen LogP) is 3.91. The van der Waals surface area contributed by atoms with Crippen LogP contribution in [0.2, 0.25) is 0 Å². The summed E-state index contributed by atoms with van der Waals surface area (Å²) in [6.07, 6.45) is 3.84. The van der Waals surface area contributed by atoms with Crippen LogP contribution >= 0.6 is 22.6 Å². The first-order valence-electron chi connectivity index (χ1n) is 8.46. The van der Waals surface area contributed by atoms with Crippen LogP contribution in [-0.2, 0) is 6.42 Å². The van der Waals surface area contributed by atoms with E-state index in [1.165, 1.54) is 6.20 Å². The Labute approximate surface area is 171 Å². The standard InChI is InChI=1S/C21H18IN3O2/c22-17-8-9-19(25-20(26)16-7-4-11-23-14-16)18(13-17)21(27)24-12-10-15-5-2-1-3-6-15/h1-9,11,13-14H,10,12H2,(H,24,27)(H,25,26). The number of nitrogens with zero attached hydrogens (tertiary/aromatic N) is 1. The Morgan fingerprint density at radius 3 is 2.52 bits per heavy atom. The molecule has 0 saturated heterocycles. The van der Waals surface area contributed by atoms with Crippen LogP contribution in [0.1, 0.15) is 26.3 Å². The van der Waals surface area contributed by atoms with E-state index in [1.807, 2.05) is 36.4 Å². The summed E-state index contributed by atoms with van der Waals surface area (Å²) in [4.78, 5) is 29.0. The summed E-state index contributed by atoms with van der Waals surface area (Å²) in [7, 11) is 0. The van der Waals surface area contributed by atoms with E-state index in [1.54, 1.807) is 30.5 Å². The summed E-state index contributed by atoms with van der Waals surface area (Å²) >= 11 is 2.15. The summed E-state index contributed by atoms with van der Waals surface area (Å²) < 4.78 is 0.917. The average Bonchev–Trinajstić information content (AvgIpc) is 2.70. The number of halogens is 1. The van der Waals surface area contributed by atoms with Gasteiger partial charge in [-0.3, -0.25) is 14.6 Å². The van der Waals surface area contributed by atoms with Gasteiger partial charge in [0, 0.05) is 22.5 Å². The van der Waals surface area contributed by atoms with E-state index >= 15 is 0 Å². The normalized spacial score (nSPS) is 10.3. The topological polar surface area (TPSA) is 71.1 Å². The minimum Gasteiger partial charge on any atom is -0.352 e. The van der Waals surface area contributed by atoms with Crippen molar-refractivity contribution in [2.45, 2.75) is 6.42 Å². The summed E-state index contributed by atoms with van der Waals surface area (Å²) in [5.41, 5.74) is 2.51. The number of hydrogen-bond acceptors (Lipinski definition) is 3. The molecule has 0 bridgehead atoms. The summed E-state index contributed by atoms with van der Waals surface area (Å²) in [6.45, 7) is 0.518. The van der Waals surface area contributed by atoms with Crippen molar-refractivity contribution in [3.63, 3.8) is 0 Å². The van der Waals surface area contributed by atoms with Gasteiger partial charge >= 0.3 is 0 Å². The van der Waals surface area contributed by atoms with Crippen molar-refractivity contribution in [1.29, 1.82) is 0 Å². The number of amides is 2. The van der Waals surface area contributed by atoms with E-state index in [4.69, 9.17) is 0 Å². The number of nitrogens with one attached hydrogen (secondary N) is 2. The number of carbonyl (C=O) groups excluding carboxylic acids is 2. The molecule has 27 heavy (non-hydrogen) atoms. The molecule has 0 radical (unpaired) electrons. The number of rotatable bonds is 6. The molecule has 0 fully saturated rings. The van der Waals surface area contributed by atoms with Crippen molar-refractivity contribution in [3.8, 4) is 0 Å². The fourth-order valence-corrected chi connectivity index (χ4v) is 3.06. The van der Waals surface area contributed by atoms with Crippen molar-refractivity contribution in [2.24, 2.45) is 0 Å². The van der Waals surface area contributed by atoms with Gasteiger partial charge in [0.25, 0.3) is 11.8 Å². The summed E-state index contributed by atoms with van der Waals surface area (Å²) in [6, 6.07) is 18.7. The zero-order valence-electron chi connectivity index (χ0n) is 14.5. The zero-order chi connectivity index (χ0) is 19.1. The first-order valence-corrected chi connectivity index (χ1v) is 9.54. The Balaban J connectivity index is 1.69. The van der Waals surface area contributed by atoms with E-state index in [-0.39, 0.29) is 11.8 Å². The number of benzene rings is 2. The third kappa shape index (κ3) is 5.37. The number of anilines is 1. The minimum absolute atomic E-state index is 0.217. The van der Waals surface area contributed by atoms with Gasteiger partial charge in [-0.15, -0.1) is 0 Å². The summed E-state index contributed by atoms with van der Waals surface area (Å²) in [5.74, 6) is -0.520.